The molecule has 1 unspecified atom stereocenters. The van der Waals surface area contributed by atoms with Crippen LogP contribution < -0.4 is 30.3 Å². The number of rotatable bonds is 7. The van der Waals surface area contributed by atoms with E-state index in [2.05, 4.69) is 163 Å². The van der Waals surface area contributed by atoms with Crippen LogP contribution in [0.2, 0.25) is 0 Å². The standard InChI is InChI=1S/C39H55N3Si/c1-23-17-26(4)36(20-33(23)40(11)12)43(39-31(9)29(7)30(8)32(39)10,37-21-34(41(13)14)24(2)18-27(37)5)38-22-35(42(15)16)25(3)19-28(38)6/h17-22,31H,1-16H3. The summed E-state index contributed by atoms with van der Waals surface area (Å²) >= 11 is 0. The summed E-state index contributed by atoms with van der Waals surface area (Å²) in [4.78, 5) is 6.89. The molecule has 230 valence electrons. The monoisotopic (exact) mass is 593 g/mol. The number of benzene rings is 3. The lowest BCUT2D eigenvalue weighted by atomic mass is 10.1. The van der Waals surface area contributed by atoms with Gasteiger partial charge in [-0.15, -0.1) is 0 Å². The smallest absolute Gasteiger partial charge is 0.177 e. The van der Waals surface area contributed by atoms with Gasteiger partial charge >= 0.3 is 0 Å². The van der Waals surface area contributed by atoms with Crippen molar-refractivity contribution in [3.05, 3.63) is 91.7 Å². The van der Waals surface area contributed by atoms with Crippen LogP contribution >= 0.6 is 0 Å². The van der Waals surface area contributed by atoms with Crippen molar-refractivity contribution in [2.75, 3.05) is 57.0 Å². The van der Waals surface area contributed by atoms with Crippen LogP contribution in [0.4, 0.5) is 17.1 Å². The Morgan fingerprint density at radius 1 is 0.442 bits per heavy atom. The lowest BCUT2D eigenvalue weighted by Gasteiger charge is -2.43. The van der Waals surface area contributed by atoms with Crippen molar-refractivity contribution < 1.29 is 0 Å². The Hall–Kier alpha value is -3.24. The molecular weight excluding hydrogens is 539 g/mol. The highest BCUT2D eigenvalue weighted by atomic mass is 28.3. The minimum atomic E-state index is -2.88. The summed E-state index contributed by atoms with van der Waals surface area (Å²) in [7, 11) is 10.2. The fourth-order valence-corrected chi connectivity index (χ4v) is 14.4. The van der Waals surface area contributed by atoms with Crippen molar-refractivity contribution in [3.63, 3.8) is 0 Å². The zero-order chi connectivity index (χ0) is 32.3. The van der Waals surface area contributed by atoms with E-state index in [0.29, 0.717) is 5.92 Å². The minimum Gasteiger partial charge on any atom is -0.377 e. The topological polar surface area (TPSA) is 9.72 Å². The van der Waals surface area contributed by atoms with E-state index in [1.807, 2.05) is 0 Å². The Bertz CT molecular complexity index is 1500. The van der Waals surface area contributed by atoms with Gasteiger partial charge in [0.25, 0.3) is 0 Å². The summed E-state index contributed by atoms with van der Waals surface area (Å²) in [6.07, 6.45) is 0. The van der Waals surface area contributed by atoms with Crippen LogP contribution in [0.25, 0.3) is 0 Å². The van der Waals surface area contributed by atoms with Gasteiger partial charge in [0.2, 0.25) is 0 Å². The number of hydrogen-bond donors (Lipinski definition) is 0. The molecule has 0 spiro atoms. The van der Waals surface area contributed by atoms with E-state index >= 15 is 0 Å². The van der Waals surface area contributed by atoms with Crippen molar-refractivity contribution in [1.82, 2.24) is 0 Å². The summed E-state index contributed by atoms with van der Waals surface area (Å²) in [5, 5.41) is 6.18. The summed E-state index contributed by atoms with van der Waals surface area (Å²) in [6.45, 7) is 23.4. The van der Waals surface area contributed by atoms with Gasteiger partial charge in [0.15, 0.2) is 8.07 Å². The third-order valence-corrected chi connectivity index (χ3v) is 16.0. The van der Waals surface area contributed by atoms with Crippen molar-refractivity contribution in [1.29, 1.82) is 0 Å². The van der Waals surface area contributed by atoms with Gasteiger partial charge in [0.05, 0.1) is 0 Å². The van der Waals surface area contributed by atoms with Gasteiger partial charge in [-0.2, -0.15) is 0 Å². The average molecular weight is 594 g/mol. The summed E-state index contributed by atoms with van der Waals surface area (Å²) in [6, 6.07) is 15.0. The zero-order valence-corrected chi connectivity index (χ0v) is 30.9. The Balaban J connectivity index is 2.42. The largest absolute Gasteiger partial charge is 0.377 e. The second kappa shape index (κ2) is 11.7. The molecule has 1 aliphatic carbocycles. The summed E-state index contributed by atoms with van der Waals surface area (Å²) in [5.41, 5.74) is 16.5. The molecule has 0 saturated heterocycles. The van der Waals surface area contributed by atoms with Crippen molar-refractivity contribution in [2.24, 2.45) is 5.92 Å². The van der Waals surface area contributed by atoms with Gasteiger partial charge < -0.3 is 14.7 Å². The molecule has 0 aliphatic heterocycles. The fourth-order valence-electron chi connectivity index (χ4n) is 8.02. The normalized spacial score (nSPS) is 15.5. The van der Waals surface area contributed by atoms with Crippen molar-refractivity contribution >= 4 is 40.7 Å². The zero-order valence-electron chi connectivity index (χ0n) is 29.9. The number of allylic oxidation sites excluding steroid dienone is 4. The highest BCUT2D eigenvalue weighted by molar-refractivity contribution is 7.17. The first-order chi connectivity index (χ1) is 20.0. The van der Waals surface area contributed by atoms with E-state index < -0.39 is 8.07 Å². The van der Waals surface area contributed by atoms with Crippen LogP contribution in [0.1, 0.15) is 61.1 Å². The van der Waals surface area contributed by atoms with E-state index in [-0.39, 0.29) is 0 Å². The molecule has 0 radical (unpaired) electrons. The number of hydrogen-bond acceptors (Lipinski definition) is 3. The average Bonchev–Trinajstić information content (AvgIpc) is 3.09. The van der Waals surface area contributed by atoms with Crippen LogP contribution in [0, 0.1) is 47.5 Å². The molecule has 0 aromatic heterocycles. The maximum atomic E-state index is 2.57. The van der Waals surface area contributed by atoms with Gasteiger partial charge in [-0.25, -0.2) is 0 Å². The molecule has 3 aromatic rings. The Labute approximate surface area is 263 Å². The van der Waals surface area contributed by atoms with E-state index in [0.717, 1.165) is 0 Å². The highest BCUT2D eigenvalue weighted by Gasteiger charge is 2.50. The molecule has 0 saturated carbocycles. The molecule has 0 fully saturated rings. The maximum absolute atomic E-state index is 2.88. The number of nitrogens with zero attached hydrogens (tertiary/aromatic N) is 3. The number of aryl methyl sites for hydroxylation is 6. The third kappa shape index (κ3) is 5.16. The molecule has 3 aromatic carbocycles. The molecule has 0 heterocycles. The van der Waals surface area contributed by atoms with Gasteiger partial charge in [-0.3, -0.25) is 0 Å². The van der Waals surface area contributed by atoms with Gasteiger partial charge in [-0.05, 0) is 124 Å². The van der Waals surface area contributed by atoms with E-state index in [4.69, 9.17) is 0 Å². The molecule has 0 bridgehead atoms. The molecule has 0 amide bonds. The van der Waals surface area contributed by atoms with Crippen LogP contribution in [0.3, 0.4) is 0 Å². The van der Waals surface area contributed by atoms with Crippen LogP contribution in [-0.4, -0.2) is 50.4 Å². The first-order valence-corrected chi connectivity index (χ1v) is 17.7. The Kier molecular flexibility index (Phi) is 8.88. The molecule has 1 atom stereocenters. The molecular formula is C39H55N3Si. The van der Waals surface area contributed by atoms with Gasteiger partial charge in [0, 0.05) is 59.3 Å². The third-order valence-electron chi connectivity index (χ3n) is 10.3. The second-order valence-electron chi connectivity index (χ2n) is 13.9. The molecule has 1 aliphatic rings. The highest BCUT2D eigenvalue weighted by Crippen LogP contribution is 2.43. The Morgan fingerprint density at radius 3 is 0.977 bits per heavy atom. The van der Waals surface area contributed by atoms with Crippen LogP contribution in [0.5, 0.6) is 0 Å². The second-order valence-corrected chi connectivity index (χ2v) is 17.5. The predicted octanol–water partition coefficient (Wildman–Crippen LogP) is 7.05. The van der Waals surface area contributed by atoms with Crippen molar-refractivity contribution in [2.45, 2.75) is 69.2 Å². The van der Waals surface area contributed by atoms with Gasteiger partial charge in [-0.1, -0.05) is 58.2 Å². The maximum Gasteiger partial charge on any atom is 0.177 e. The summed E-state index contributed by atoms with van der Waals surface area (Å²) < 4.78 is 0. The SMILES string of the molecule is CC1=C(C)C(C)C([Si](c2cc(N(C)C)c(C)cc2C)(c2cc(N(C)C)c(C)cc2C)c2cc(N(C)C)c(C)cc2C)=C1C. The lowest BCUT2D eigenvalue weighted by molar-refractivity contribution is 0.851. The number of anilines is 3. The van der Waals surface area contributed by atoms with Crippen LogP contribution in [-0.2, 0) is 0 Å². The Morgan fingerprint density at radius 2 is 0.744 bits per heavy atom. The molecule has 4 rings (SSSR count). The van der Waals surface area contributed by atoms with Gasteiger partial charge in [0.1, 0.15) is 0 Å². The van der Waals surface area contributed by atoms with E-state index in [9.17, 15) is 0 Å². The quantitative estimate of drug-likeness (QED) is 0.215. The molecule has 4 heteroatoms. The first kappa shape index (κ1) is 32.7. The first-order valence-electron chi connectivity index (χ1n) is 15.7. The van der Waals surface area contributed by atoms with E-state index in [1.165, 1.54) is 82.7 Å². The molecule has 3 nitrogen and oxygen atoms in total. The predicted molar refractivity (Wildman–Crippen MR) is 196 cm³/mol. The molecule has 43 heavy (non-hydrogen) atoms. The minimum absolute atomic E-state index is 0.363. The van der Waals surface area contributed by atoms with Crippen LogP contribution in [0.15, 0.2) is 58.3 Å². The fraction of sp³-hybridized carbons (Fsp3) is 0.436. The van der Waals surface area contributed by atoms with Crippen molar-refractivity contribution in [3.8, 4) is 0 Å². The summed E-state index contributed by atoms with van der Waals surface area (Å²) in [5.74, 6) is 0.363. The van der Waals surface area contributed by atoms with E-state index in [1.54, 1.807) is 5.20 Å². The molecule has 0 N–H and O–H groups in total. The lowest BCUT2D eigenvalue weighted by Crippen LogP contribution is -2.71.